The molecular formula is C18H26N4O2S. The standard InChI is InChI=1S/C18H26N4O2S/c1-13-6-5-11-18(3,4)16(13)9-7-14(2)21-22-17-10-8-15(12-20-17)25(19,23)24/h7-10,12H,5-6,11H2,1-4H3,(H,20,22)(H2,19,23,24)/b9-7+,21-14?. The van der Waals surface area contributed by atoms with Crippen molar-refractivity contribution in [3.8, 4) is 0 Å². The van der Waals surface area contributed by atoms with E-state index in [4.69, 9.17) is 5.14 Å². The highest BCUT2D eigenvalue weighted by molar-refractivity contribution is 7.89. The number of rotatable bonds is 5. The van der Waals surface area contributed by atoms with Crippen LogP contribution in [0.25, 0.3) is 0 Å². The normalized spacial score (nSPS) is 18.7. The lowest BCUT2D eigenvalue weighted by Crippen LogP contribution is -2.19. The quantitative estimate of drug-likeness (QED) is 0.618. The molecule has 1 heterocycles. The average molecular weight is 362 g/mol. The van der Waals surface area contributed by atoms with E-state index in [0.717, 1.165) is 12.1 Å². The van der Waals surface area contributed by atoms with E-state index < -0.39 is 10.0 Å². The Hall–Kier alpha value is -1.99. The zero-order chi connectivity index (χ0) is 18.7. The maximum atomic E-state index is 11.2. The molecule has 0 bridgehead atoms. The van der Waals surface area contributed by atoms with Gasteiger partial charge in [-0.1, -0.05) is 25.5 Å². The first kappa shape index (κ1) is 19.3. The fourth-order valence-corrected chi connectivity index (χ4v) is 3.47. The predicted molar refractivity (Wildman–Crippen MR) is 102 cm³/mol. The first-order valence-corrected chi connectivity index (χ1v) is 9.82. The zero-order valence-electron chi connectivity index (χ0n) is 15.2. The van der Waals surface area contributed by atoms with E-state index in [1.807, 2.05) is 13.0 Å². The van der Waals surface area contributed by atoms with Crippen LogP contribution in [-0.4, -0.2) is 19.1 Å². The minimum Gasteiger partial charge on any atom is -0.261 e. The average Bonchev–Trinajstić information content (AvgIpc) is 2.51. The molecule has 1 aromatic heterocycles. The van der Waals surface area contributed by atoms with Crippen LogP contribution in [0.2, 0.25) is 0 Å². The lowest BCUT2D eigenvalue weighted by atomic mass is 9.72. The number of nitrogens with two attached hydrogens (primary N) is 1. The van der Waals surface area contributed by atoms with Gasteiger partial charge in [0, 0.05) is 6.20 Å². The van der Waals surface area contributed by atoms with Crippen molar-refractivity contribution in [1.29, 1.82) is 0 Å². The minimum absolute atomic E-state index is 0.0272. The van der Waals surface area contributed by atoms with Gasteiger partial charge in [-0.25, -0.2) is 18.5 Å². The fourth-order valence-electron chi connectivity index (χ4n) is 3.01. The Morgan fingerprint density at radius 2 is 2.12 bits per heavy atom. The highest BCUT2D eigenvalue weighted by atomic mass is 32.2. The number of nitrogens with zero attached hydrogens (tertiary/aromatic N) is 2. The van der Waals surface area contributed by atoms with Crippen molar-refractivity contribution in [1.82, 2.24) is 4.98 Å². The summed E-state index contributed by atoms with van der Waals surface area (Å²) in [5.41, 5.74) is 6.63. The molecule has 0 amide bonds. The molecule has 0 aromatic carbocycles. The van der Waals surface area contributed by atoms with Crippen LogP contribution < -0.4 is 10.6 Å². The number of pyridine rings is 1. The van der Waals surface area contributed by atoms with E-state index in [1.165, 1.54) is 42.3 Å². The fraction of sp³-hybridized carbons (Fsp3) is 0.444. The van der Waals surface area contributed by atoms with Gasteiger partial charge in [0.15, 0.2) is 0 Å². The summed E-state index contributed by atoms with van der Waals surface area (Å²) >= 11 is 0. The number of nitrogens with one attached hydrogen (secondary N) is 1. The van der Waals surface area contributed by atoms with Crippen LogP contribution in [0.5, 0.6) is 0 Å². The Labute approximate surface area is 150 Å². The van der Waals surface area contributed by atoms with Gasteiger partial charge in [-0.15, -0.1) is 0 Å². The smallest absolute Gasteiger partial charge is 0.239 e. The molecule has 25 heavy (non-hydrogen) atoms. The van der Waals surface area contributed by atoms with Crippen LogP contribution >= 0.6 is 0 Å². The molecule has 0 unspecified atom stereocenters. The highest BCUT2D eigenvalue weighted by Crippen LogP contribution is 2.40. The number of allylic oxidation sites excluding steroid dienone is 4. The van der Waals surface area contributed by atoms with Crippen LogP contribution in [0.4, 0.5) is 5.82 Å². The summed E-state index contributed by atoms with van der Waals surface area (Å²) < 4.78 is 22.4. The van der Waals surface area contributed by atoms with Crippen LogP contribution in [0.15, 0.2) is 51.6 Å². The van der Waals surface area contributed by atoms with Crippen molar-refractivity contribution in [2.45, 2.75) is 51.9 Å². The molecule has 0 fully saturated rings. The van der Waals surface area contributed by atoms with Crippen molar-refractivity contribution in [3.63, 3.8) is 0 Å². The van der Waals surface area contributed by atoms with E-state index >= 15 is 0 Å². The number of primary sulfonamides is 1. The predicted octanol–water partition coefficient (Wildman–Crippen LogP) is 3.60. The zero-order valence-corrected chi connectivity index (χ0v) is 16.0. The van der Waals surface area contributed by atoms with Gasteiger partial charge < -0.3 is 0 Å². The van der Waals surface area contributed by atoms with Crippen LogP contribution in [0.1, 0.15) is 47.0 Å². The summed E-state index contributed by atoms with van der Waals surface area (Å²) in [4.78, 5) is 3.96. The molecule has 0 atom stereocenters. The minimum atomic E-state index is -3.73. The van der Waals surface area contributed by atoms with Crippen molar-refractivity contribution < 1.29 is 8.42 Å². The molecular weight excluding hydrogens is 336 g/mol. The van der Waals surface area contributed by atoms with Gasteiger partial charge in [-0.3, -0.25) is 5.43 Å². The van der Waals surface area contributed by atoms with Gasteiger partial charge in [0.2, 0.25) is 10.0 Å². The van der Waals surface area contributed by atoms with Gasteiger partial charge in [-0.2, -0.15) is 5.10 Å². The largest absolute Gasteiger partial charge is 0.261 e. The number of aromatic nitrogens is 1. The second-order valence-corrected chi connectivity index (χ2v) is 8.62. The second kappa shape index (κ2) is 7.49. The first-order valence-electron chi connectivity index (χ1n) is 8.27. The Bertz CT molecular complexity index is 819. The Morgan fingerprint density at radius 3 is 2.68 bits per heavy atom. The molecule has 136 valence electrons. The van der Waals surface area contributed by atoms with Crippen LogP contribution in [0, 0.1) is 5.41 Å². The lowest BCUT2D eigenvalue weighted by Gasteiger charge is -2.32. The number of anilines is 1. The van der Waals surface area contributed by atoms with E-state index in [9.17, 15) is 8.42 Å². The van der Waals surface area contributed by atoms with Crippen LogP contribution in [-0.2, 0) is 10.0 Å². The summed E-state index contributed by atoms with van der Waals surface area (Å²) in [5, 5.41) is 9.30. The first-order chi connectivity index (χ1) is 11.6. The van der Waals surface area contributed by atoms with Crippen molar-refractivity contribution in [2.24, 2.45) is 15.7 Å². The molecule has 0 saturated heterocycles. The third-order valence-corrected chi connectivity index (χ3v) is 5.34. The van der Waals surface area contributed by atoms with Gasteiger partial charge in [0.05, 0.1) is 5.71 Å². The number of hydrazone groups is 1. The molecule has 6 nitrogen and oxygen atoms in total. The number of hydrogen-bond acceptors (Lipinski definition) is 5. The third-order valence-electron chi connectivity index (χ3n) is 4.45. The SMILES string of the molecule is CC(/C=C/C1=C(C)CCCC1(C)C)=NNc1ccc(S(N)(=O)=O)cn1. The van der Waals surface area contributed by atoms with Crippen LogP contribution in [0.3, 0.4) is 0 Å². The number of sulfonamides is 1. The highest BCUT2D eigenvalue weighted by Gasteiger charge is 2.26. The van der Waals surface area contributed by atoms with Crippen molar-refractivity contribution >= 4 is 21.6 Å². The molecule has 0 aliphatic heterocycles. The molecule has 0 saturated carbocycles. The Balaban J connectivity index is 2.07. The summed E-state index contributed by atoms with van der Waals surface area (Å²) in [7, 11) is -3.73. The Kier molecular flexibility index (Phi) is 5.80. The lowest BCUT2D eigenvalue weighted by molar-refractivity contribution is 0.377. The van der Waals surface area contributed by atoms with E-state index in [-0.39, 0.29) is 10.3 Å². The van der Waals surface area contributed by atoms with Gasteiger partial charge in [0.1, 0.15) is 10.7 Å². The molecule has 0 spiro atoms. The second-order valence-electron chi connectivity index (χ2n) is 7.05. The molecule has 3 N–H and O–H groups in total. The Morgan fingerprint density at radius 1 is 1.40 bits per heavy atom. The van der Waals surface area contributed by atoms with Crippen molar-refractivity contribution in [2.75, 3.05) is 5.43 Å². The summed E-state index contributed by atoms with van der Waals surface area (Å²) in [6, 6.07) is 2.92. The maximum Gasteiger partial charge on any atom is 0.239 e. The summed E-state index contributed by atoms with van der Waals surface area (Å²) in [5.74, 6) is 0.452. The molecule has 1 aromatic rings. The van der Waals surface area contributed by atoms with Gasteiger partial charge in [0.25, 0.3) is 0 Å². The van der Waals surface area contributed by atoms with Gasteiger partial charge in [-0.05, 0) is 62.3 Å². The number of hydrogen-bond donors (Lipinski definition) is 2. The van der Waals surface area contributed by atoms with Gasteiger partial charge >= 0.3 is 0 Å². The topological polar surface area (TPSA) is 97.4 Å². The van der Waals surface area contributed by atoms with Crippen molar-refractivity contribution in [3.05, 3.63) is 41.6 Å². The van der Waals surface area contributed by atoms with E-state index in [2.05, 4.69) is 42.4 Å². The molecule has 0 radical (unpaired) electrons. The summed E-state index contributed by atoms with van der Waals surface area (Å²) in [6.45, 7) is 8.64. The molecule has 1 aliphatic rings. The summed E-state index contributed by atoms with van der Waals surface area (Å²) in [6.07, 6.45) is 8.92. The molecule has 7 heteroatoms. The molecule has 2 rings (SSSR count). The maximum absolute atomic E-state index is 11.2. The van der Waals surface area contributed by atoms with E-state index in [1.54, 1.807) is 0 Å². The monoisotopic (exact) mass is 362 g/mol. The van der Waals surface area contributed by atoms with E-state index in [0.29, 0.717) is 5.82 Å². The molecule has 1 aliphatic carbocycles. The third kappa shape index (κ3) is 5.24.